The van der Waals surface area contributed by atoms with E-state index in [1.165, 1.54) is 4.90 Å². The molecular formula is C25H19F7N2O2S. The first-order chi connectivity index (χ1) is 17.3. The molecule has 37 heavy (non-hydrogen) atoms. The molecule has 0 aliphatic carbocycles. The third kappa shape index (κ3) is 4.62. The zero-order chi connectivity index (χ0) is 27.1. The van der Waals surface area contributed by atoms with Crippen molar-refractivity contribution in [2.75, 3.05) is 13.1 Å². The Morgan fingerprint density at radius 2 is 1.49 bits per heavy atom. The highest BCUT2D eigenvalue weighted by atomic mass is 32.2. The highest BCUT2D eigenvalue weighted by Gasteiger charge is 2.73. The minimum absolute atomic E-state index is 0.0960. The molecule has 2 atom stereocenters. The number of aromatic nitrogens is 1. The molecule has 4 nitrogen and oxygen atoms in total. The number of rotatable bonds is 6. The molecule has 0 saturated carbocycles. The van der Waals surface area contributed by atoms with Gasteiger partial charge in [0.05, 0.1) is 15.5 Å². The maximum absolute atomic E-state index is 14.5. The van der Waals surface area contributed by atoms with Gasteiger partial charge in [0, 0.05) is 35.9 Å². The van der Waals surface area contributed by atoms with Gasteiger partial charge in [-0.15, -0.1) is 0 Å². The molecule has 0 spiro atoms. The number of alkyl halides is 7. The molecule has 0 N–H and O–H groups in total. The van der Waals surface area contributed by atoms with E-state index in [1.807, 2.05) is 0 Å². The molecule has 12 heteroatoms. The number of hydrogen-bond acceptors (Lipinski definition) is 3. The summed E-state index contributed by atoms with van der Waals surface area (Å²) >= 11 is 0. The molecule has 2 unspecified atom stereocenters. The zero-order valence-corrected chi connectivity index (χ0v) is 19.7. The Morgan fingerprint density at radius 1 is 0.865 bits per heavy atom. The van der Waals surface area contributed by atoms with Gasteiger partial charge in [-0.25, -0.2) is 4.39 Å². The quantitative estimate of drug-likeness (QED) is 0.287. The Labute approximate surface area is 209 Å². The van der Waals surface area contributed by atoms with Crippen molar-refractivity contribution in [3.05, 3.63) is 84.2 Å². The summed E-state index contributed by atoms with van der Waals surface area (Å²) in [6, 6.07) is 12.8. The van der Waals surface area contributed by atoms with Crippen LogP contribution >= 0.6 is 0 Å². The average molecular weight is 544 g/mol. The Bertz CT molecular complexity index is 1280. The van der Waals surface area contributed by atoms with Gasteiger partial charge >= 0.3 is 18.0 Å². The second kappa shape index (κ2) is 9.55. The lowest BCUT2D eigenvalue weighted by atomic mass is 9.90. The maximum Gasteiger partial charge on any atom is 0.435 e. The summed E-state index contributed by atoms with van der Waals surface area (Å²) < 4.78 is 106. The number of carbonyl (C=O) groups is 1. The van der Waals surface area contributed by atoms with Gasteiger partial charge in [-0.3, -0.25) is 14.0 Å². The average Bonchev–Trinajstić information content (AvgIpc) is 3.33. The first kappa shape index (κ1) is 26.8. The second-order valence-electron chi connectivity index (χ2n) is 8.58. The van der Waals surface area contributed by atoms with Crippen molar-refractivity contribution in [1.82, 2.24) is 9.88 Å². The molecule has 196 valence electrons. The van der Waals surface area contributed by atoms with E-state index in [4.69, 9.17) is 0 Å². The number of halogens is 7. The van der Waals surface area contributed by atoms with Crippen molar-refractivity contribution < 1.29 is 39.7 Å². The van der Waals surface area contributed by atoms with Gasteiger partial charge in [0.2, 0.25) is 6.41 Å². The molecule has 1 aromatic heterocycles. The van der Waals surface area contributed by atoms with Gasteiger partial charge in [0.15, 0.2) is 0 Å². The Morgan fingerprint density at radius 3 is 2.03 bits per heavy atom. The Balaban J connectivity index is 1.78. The molecule has 1 saturated heterocycles. The smallest absolute Gasteiger partial charge is 0.343 e. The van der Waals surface area contributed by atoms with E-state index in [9.17, 15) is 39.7 Å². The van der Waals surface area contributed by atoms with Crippen LogP contribution in [0.5, 0.6) is 0 Å². The normalized spacial score (nSPS) is 19.6. The molecule has 1 aliphatic rings. The van der Waals surface area contributed by atoms with Gasteiger partial charge < -0.3 is 4.90 Å². The minimum Gasteiger partial charge on any atom is -0.343 e. The molecule has 0 bridgehead atoms. The first-order valence-electron chi connectivity index (χ1n) is 10.9. The van der Waals surface area contributed by atoms with E-state index in [2.05, 4.69) is 4.98 Å². The lowest BCUT2D eigenvalue weighted by molar-refractivity contribution is -0.348. The van der Waals surface area contributed by atoms with Gasteiger partial charge in [-0.2, -0.15) is 26.3 Å². The summed E-state index contributed by atoms with van der Waals surface area (Å²) in [6.07, 6.45) is -8.69. The van der Waals surface area contributed by atoms with E-state index >= 15 is 0 Å². The van der Waals surface area contributed by atoms with Crippen LogP contribution in [0, 0.1) is 0 Å². The predicted octanol–water partition coefficient (Wildman–Crippen LogP) is 5.90. The fourth-order valence-electron chi connectivity index (χ4n) is 4.45. The Kier molecular flexibility index (Phi) is 6.91. The summed E-state index contributed by atoms with van der Waals surface area (Å²) in [5.41, 5.74) is -5.59. The van der Waals surface area contributed by atoms with Crippen molar-refractivity contribution in [1.29, 1.82) is 0 Å². The van der Waals surface area contributed by atoms with Crippen molar-refractivity contribution in [2.45, 2.75) is 34.1 Å². The molecule has 3 aromatic rings. The van der Waals surface area contributed by atoms with Crippen molar-refractivity contribution in [2.24, 2.45) is 0 Å². The number of hydrogen-bond donors (Lipinski definition) is 0. The van der Waals surface area contributed by atoms with Crippen molar-refractivity contribution >= 4 is 17.2 Å². The lowest BCUT2D eigenvalue weighted by Crippen LogP contribution is -2.50. The molecule has 2 heterocycles. The molecular weight excluding hydrogens is 525 g/mol. The van der Waals surface area contributed by atoms with Crippen LogP contribution in [0.15, 0.2) is 78.0 Å². The highest BCUT2D eigenvalue weighted by Crippen LogP contribution is 2.53. The van der Waals surface area contributed by atoms with Crippen LogP contribution < -0.4 is 0 Å². The molecule has 0 radical (unpaired) electrons. The van der Waals surface area contributed by atoms with E-state index in [0.29, 0.717) is 29.0 Å². The number of pyridine rings is 1. The van der Waals surface area contributed by atoms with Crippen LogP contribution in [-0.4, -0.2) is 45.9 Å². The first-order valence-corrected chi connectivity index (χ1v) is 12.0. The summed E-state index contributed by atoms with van der Waals surface area (Å²) in [5.74, 6) is 0. The summed E-state index contributed by atoms with van der Waals surface area (Å²) in [4.78, 5) is 17.1. The summed E-state index contributed by atoms with van der Waals surface area (Å²) in [7, 11) is -1.89. The fraction of sp³-hybridized carbons (Fsp3) is 0.280. The van der Waals surface area contributed by atoms with E-state index < -0.39 is 39.1 Å². The number of amides is 1. The van der Waals surface area contributed by atoms with Crippen LogP contribution in [0.3, 0.4) is 0 Å². The predicted molar refractivity (Wildman–Crippen MR) is 121 cm³/mol. The van der Waals surface area contributed by atoms with Crippen LogP contribution in [0.4, 0.5) is 30.7 Å². The number of carbonyl (C=O) groups excluding carboxylic acids is 1. The highest BCUT2D eigenvalue weighted by molar-refractivity contribution is 7.86. The van der Waals surface area contributed by atoms with Gasteiger partial charge in [0.1, 0.15) is 0 Å². The lowest BCUT2D eigenvalue weighted by Gasteiger charge is -2.32. The van der Waals surface area contributed by atoms with Gasteiger partial charge in [0.25, 0.3) is 0 Å². The zero-order valence-electron chi connectivity index (χ0n) is 18.9. The number of likely N-dealkylation sites (tertiary alicyclic amines) is 1. The van der Waals surface area contributed by atoms with Crippen LogP contribution in [0.25, 0.3) is 11.1 Å². The summed E-state index contributed by atoms with van der Waals surface area (Å²) in [6.45, 7) is 0.0699. The number of nitrogens with zero attached hydrogens (tertiary/aromatic N) is 2. The van der Waals surface area contributed by atoms with E-state index in [-0.39, 0.29) is 25.1 Å². The van der Waals surface area contributed by atoms with Crippen molar-refractivity contribution in [3.63, 3.8) is 0 Å². The molecule has 1 amide bonds. The third-order valence-corrected chi connectivity index (χ3v) is 8.38. The van der Waals surface area contributed by atoms with Crippen LogP contribution in [0.2, 0.25) is 0 Å². The number of benzene rings is 2. The Hall–Kier alpha value is -3.28. The molecule has 4 rings (SSSR count). The minimum atomic E-state index is -6.25. The molecule has 2 aromatic carbocycles. The van der Waals surface area contributed by atoms with Gasteiger partial charge in [-0.05, 0) is 47.4 Å². The topological polar surface area (TPSA) is 50.3 Å². The molecule has 1 fully saturated rings. The van der Waals surface area contributed by atoms with E-state index in [0.717, 1.165) is 17.7 Å². The summed E-state index contributed by atoms with van der Waals surface area (Å²) in [5, 5.41) is 0. The molecule has 1 aliphatic heterocycles. The third-order valence-electron chi connectivity index (χ3n) is 6.42. The monoisotopic (exact) mass is 544 g/mol. The van der Waals surface area contributed by atoms with Crippen LogP contribution in [0.1, 0.15) is 17.5 Å². The largest absolute Gasteiger partial charge is 0.435 e. The maximum atomic E-state index is 14.5. The van der Waals surface area contributed by atoms with Gasteiger partial charge in [-0.1, -0.05) is 36.4 Å². The standard InChI is InChI=1S/C25H19F7N2O2S/c26-23(24(27,28)29,25(30,31)32)20-6-4-19(5-7-20)22(10-13-34(15-22)16-35)37(36)21-3-1-2-18(14-21)17-8-11-33-12-9-17/h1-9,11-12,14,16H,10,13,15H2. The second-order valence-corrected chi connectivity index (χ2v) is 10.4. The fourth-order valence-corrected chi connectivity index (χ4v) is 6.24. The van der Waals surface area contributed by atoms with E-state index in [1.54, 1.807) is 48.8 Å². The van der Waals surface area contributed by atoms with Crippen LogP contribution in [-0.2, 0) is 26.0 Å². The SMILES string of the molecule is O=CN1CCC(c2ccc(C(F)(C(F)(F)F)C(F)(F)F)cc2)(S(=O)c2cccc(-c3ccncc3)c2)C1. The van der Waals surface area contributed by atoms with Crippen molar-refractivity contribution in [3.8, 4) is 11.1 Å².